The Kier molecular flexibility index (Phi) is 10.0. The molecule has 6 nitrogen and oxygen atoms in total. The third-order valence-corrected chi connectivity index (χ3v) is 6.34. The molecule has 0 spiro atoms. The number of aromatic nitrogens is 1. The lowest BCUT2D eigenvalue weighted by Gasteiger charge is -2.23. The number of nitrogens with two attached hydrogens (primary N) is 1. The molecule has 1 aliphatic carbocycles. The minimum Gasteiger partial charge on any atom is -0.355 e. The number of amides is 2. The molecular formula is C18H30Cl2N4O2S. The van der Waals surface area contributed by atoms with E-state index in [9.17, 15) is 9.59 Å². The summed E-state index contributed by atoms with van der Waals surface area (Å²) in [7, 11) is 0. The lowest BCUT2D eigenvalue weighted by molar-refractivity contribution is -0.131. The van der Waals surface area contributed by atoms with Gasteiger partial charge in [-0.05, 0) is 38.5 Å². The number of thiazole rings is 1. The molecule has 1 fully saturated rings. The molecule has 0 saturated carbocycles. The van der Waals surface area contributed by atoms with Gasteiger partial charge in [0, 0.05) is 43.9 Å². The van der Waals surface area contributed by atoms with Crippen molar-refractivity contribution < 1.29 is 9.59 Å². The second-order valence-corrected chi connectivity index (χ2v) is 8.35. The molecular weight excluding hydrogens is 407 g/mol. The van der Waals surface area contributed by atoms with Crippen LogP contribution < -0.4 is 11.1 Å². The average Bonchev–Trinajstić information content (AvgIpc) is 2.88. The summed E-state index contributed by atoms with van der Waals surface area (Å²) in [6, 6.07) is -0.0386. The summed E-state index contributed by atoms with van der Waals surface area (Å²) in [6.07, 6.45) is 7.06. The summed E-state index contributed by atoms with van der Waals surface area (Å²) in [5.74, 6) is -0.146. The zero-order chi connectivity index (χ0) is 17.8. The monoisotopic (exact) mass is 436 g/mol. The van der Waals surface area contributed by atoms with Crippen molar-refractivity contribution in [3.63, 3.8) is 0 Å². The highest BCUT2D eigenvalue weighted by atomic mass is 35.5. The number of halogens is 2. The van der Waals surface area contributed by atoms with Gasteiger partial charge in [-0.25, -0.2) is 4.98 Å². The molecule has 3 rings (SSSR count). The molecule has 3 N–H and O–H groups in total. The molecule has 2 amide bonds. The van der Waals surface area contributed by atoms with Crippen LogP contribution in [-0.4, -0.2) is 47.4 Å². The van der Waals surface area contributed by atoms with E-state index < -0.39 is 0 Å². The van der Waals surface area contributed by atoms with Crippen LogP contribution in [0.4, 0.5) is 0 Å². The van der Waals surface area contributed by atoms with Crippen molar-refractivity contribution in [3.05, 3.63) is 15.6 Å². The zero-order valence-electron chi connectivity index (χ0n) is 15.7. The Morgan fingerprint density at radius 1 is 1.22 bits per heavy atom. The first kappa shape index (κ1) is 24.1. The summed E-state index contributed by atoms with van der Waals surface area (Å²) >= 11 is 1.80. The van der Waals surface area contributed by atoms with E-state index in [0.717, 1.165) is 37.1 Å². The fraction of sp³-hybridized carbons (Fsp3) is 0.722. The minimum atomic E-state index is -0.165. The molecule has 1 aromatic heterocycles. The van der Waals surface area contributed by atoms with E-state index in [4.69, 9.17) is 10.7 Å². The molecule has 1 aliphatic heterocycles. The van der Waals surface area contributed by atoms with Crippen LogP contribution in [0.5, 0.6) is 0 Å². The Morgan fingerprint density at radius 3 is 2.67 bits per heavy atom. The van der Waals surface area contributed by atoms with E-state index in [1.165, 1.54) is 30.3 Å². The summed E-state index contributed by atoms with van der Waals surface area (Å²) in [5, 5.41) is 4.16. The van der Waals surface area contributed by atoms with Crippen LogP contribution in [0.25, 0.3) is 0 Å². The Balaban J connectivity index is 0.00000182. The smallest absolute Gasteiger partial charge is 0.224 e. The van der Waals surface area contributed by atoms with Crippen LogP contribution in [-0.2, 0) is 28.9 Å². The van der Waals surface area contributed by atoms with Crippen LogP contribution in [0.1, 0.15) is 48.2 Å². The van der Waals surface area contributed by atoms with Crippen molar-refractivity contribution >= 4 is 48.0 Å². The van der Waals surface area contributed by atoms with E-state index in [-0.39, 0.29) is 48.6 Å². The van der Waals surface area contributed by atoms with Crippen LogP contribution in [0.15, 0.2) is 0 Å². The first-order valence-corrected chi connectivity index (χ1v) is 10.1. The van der Waals surface area contributed by atoms with Gasteiger partial charge in [-0.2, -0.15) is 0 Å². The van der Waals surface area contributed by atoms with E-state index in [0.29, 0.717) is 19.6 Å². The lowest BCUT2D eigenvalue weighted by atomic mass is 10.0. The van der Waals surface area contributed by atoms with E-state index in [2.05, 4.69) is 5.32 Å². The van der Waals surface area contributed by atoms with Gasteiger partial charge < -0.3 is 16.0 Å². The number of aryl methyl sites for hydroxylation is 2. The molecule has 2 heterocycles. The third-order valence-electron chi connectivity index (χ3n) is 5.13. The Morgan fingerprint density at radius 2 is 1.96 bits per heavy atom. The van der Waals surface area contributed by atoms with Gasteiger partial charge in [-0.1, -0.05) is 0 Å². The molecule has 1 aromatic rings. The molecule has 1 saturated heterocycles. The number of nitrogens with one attached hydrogen (secondary N) is 1. The maximum Gasteiger partial charge on any atom is 0.224 e. The summed E-state index contributed by atoms with van der Waals surface area (Å²) in [6.45, 7) is 3.16. The van der Waals surface area contributed by atoms with Gasteiger partial charge in [0.15, 0.2) is 0 Å². The van der Waals surface area contributed by atoms with Crippen LogP contribution in [0.3, 0.4) is 0 Å². The molecule has 9 heteroatoms. The van der Waals surface area contributed by atoms with Gasteiger partial charge in [0.1, 0.15) is 0 Å². The Labute approximate surface area is 177 Å². The van der Waals surface area contributed by atoms with Gasteiger partial charge in [0.2, 0.25) is 11.8 Å². The quantitative estimate of drug-likeness (QED) is 0.755. The first-order chi connectivity index (χ1) is 12.0. The van der Waals surface area contributed by atoms with Gasteiger partial charge in [-0.3, -0.25) is 9.59 Å². The summed E-state index contributed by atoms with van der Waals surface area (Å²) in [4.78, 5) is 32.1. The number of carbonyl (C=O) groups excluding carboxylic acids is 2. The number of likely N-dealkylation sites (tertiary alicyclic amines) is 1. The number of fused-ring (bicyclic) bond motifs is 1. The Hall–Kier alpha value is -0.890. The molecule has 154 valence electrons. The van der Waals surface area contributed by atoms with Crippen molar-refractivity contribution in [2.75, 3.05) is 19.6 Å². The highest BCUT2D eigenvalue weighted by Gasteiger charge is 2.28. The van der Waals surface area contributed by atoms with Crippen molar-refractivity contribution in [2.24, 2.45) is 11.7 Å². The summed E-state index contributed by atoms with van der Waals surface area (Å²) in [5.41, 5.74) is 7.29. The van der Waals surface area contributed by atoms with Crippen molar-refractivity contribution in [2.45, 2.75) is 57.9 Å². The second kappa shape index (κ2) is 11.2. The topological polar surface area (TPSA) is 88.3 Å². The predicted molar refractivity (Wildman–Crippen MR) is 113 cm³/mol. The predicted octanol–water partition coefficient (Wildman–Crippen LogP) is 2.11. The minimum absolute atomic E-state index is 0. The number of carbonyl (C=O) groups is 2. The molecule has 0 bridgehead atoms. The number of rotatable bonds is 4. The zero-order valence-corrected chi connectivity index (χ0v) is 18.2. The molecule has 0 unspecified atom stereocenters. The van der Waals surface area contributed by atoms with E-state index >= 15 is 0 Å². The normalized spacial score (nSPS) is 21.9. The number of hydrogen-bond acceptors (Lipinski definition) is 5. The fourth-order valence-corrected chi connectivity index (χ4v) is 4.80. The second-order valence-electron chi connectivity index (χ2n) is 7.18. The van der Waals surface area contributed by atoms with Crippen LogP contribution >= 0.6 is 36.2 Å². The lowest BCUT2D eigenvalue weighted by Crippen LogP contribution is -2.42. The Bertz CT molecular complexity index is 617. The highest BCUT2D eigenvalue weighted by Crippen LogP contribution is 2.26. The van der Waals surface area contributed by atoms with Crippen LogP contribution in [0.2, 0.25) is 0 Å². The molecule has 27 heavy (non-hydrogen) atoms. The van der Waals surface area contributed by atoms with Crippen molar-refractivity contribution in [1.29, 1.82) is 0 Å². The number of nitrogens with zero attached hydrogens (tertiary/aromatic N) is 2. The van der Waals surface area contributed by atoms with Gasteiger partial charge in [0.25, 0.3) is 0 Å². The first-order valence-electron chi connectivity index (χ1n) is 9.29. The maximum absolute atomic E-state index is 12.5. The van der Waals surface area contributed by atoms with Crippen molar-refractivity contribution in [1.82, 2.24) is 15.2 Å². The standard InChI is InChI=1S/C18H28N4O2S.2ClH/c1-12(23)22-10-13(6-7-14(19)11-22)18(24)20-9-8-17-21-15-4-2-3-5-16(15)25-17;;/h13-14H,2-11,19H2,1H3,(H,20,24);2*1H/t13-,14+;;/m1../s1. The van der Waals surface area contributed by atoms with Gasteiger partial charge in [-0.15, -0.1) is 36.2 Å². The van der Waals surface area contributed by atoms with Crippen molar-refractivity contribution in [3.8, 4) is 0 Å². The SMILES string of the molecule is CC(=O)N1C[C@@H](N)CC[C@@H](C(=O)NCCc2nc3c(s2)CCCC3)C1.Cl.Cl. The van der Waals surface area contributed by atoms with Gasteiger partial charge >= 0.3 is 0 Å². The molecule has 2 aliphatic rings. The number of hydrogen-bond donors (Lipinski definition) is 2. The van der Waals surface area contributed by atoms with E-state index in [1.54, 1.807) is 16.2 Å². The van der Waals surface area contributed by atoms with Gasteiger partial charge in [0.05, 0.1) is 16.6 Å². The molecule has 0 aromatic carbocycles. The average molecular weight is 437 g/mol. The fourth-order valence-electron chi connectivity index (χ4n) is 3.64. The summed E-state index contributed by atoms with van der Waals surface area (Å²) < 4.78 is 0. The van der Waals surface area contributed by atoms with Crippen LogP contribution in [0, 0.1) is 5.92 Å². The largest absolute Gasteiger partial charge is 0.355 e. The molecule has 0 radical (unpaired) electrons. The highest BCUT2D eigenvalue weighted by molar-refractivity contribution is 7.11. The maximum atomic E-state index is 12.5. The third kappa shape index (κ3) is 6.59. The molecule has 2 atom stereocenters. The van der Waals surface area contributed by atoms with E-state index in [1.807, 2.05) is 0 Å².